The first kappa shape index (κ1) is 75.6. The number of unbranched alkanes of at least 4 members (excludes halogenated alkanes) is 54. The predicted octanol–water partition coefficient (Wildman–Crippen LogP) is 22.8. The number of rotatable bonds is 67. The highest BCUT2D eigenvalue weighted by molar-refractivity contribution is 5.76. The van der Waals surface area contributed by atoms with Gasteiger partial charge in [0.15, 0.2) is 0 Å². The summed E-state index contributed by atoms with van der Waals surface area (Å²) in [7, 11) is 0. The summed E-state index contributed by atoms with van der Waals surface area (Å²) < 4.78 is 5.50. The van der Waals surface area contributed by atoms with Gasteiger partial charge in [-0.3, -0.25) is 9.59 Å². The van der Waals surface area contributed by atoms with Gasteiger partial charge in [-0.2, -0.15) is 0 Å². The van der Waals surface area contributed by atoms with Crippen LogP contribution in [0.1, 0.15) is 406 Å². The molecule has 0 aliphatic rings. The highest BCUT2D eigenvalue weighted by Gasteiger charge is 2.20. The van der Waals surface area contributed by atoms with Crippen LogP contribution in [0, 0.1) is 0 Å². The molecule has 0 saturated heterocycles. The first-order chi connectivity index (χ1) is 38.0. The normalized spacial score (nSPS) is 12.5. The largest absolute Gasteiger partial charge is 0.466 e. The molecule has 0 bridgehead atoms. The van der Waals surface area contributed by atoms with Crippen molar-refractivity contribution < 1.29 is 24.5 Å². The first-order valence-corrected chi connectivity index (χ1v) is 35.4. The maximum absolute atomic E-state index is 12.5. The van der Waals surface area contributed by atoms with Gasteiger partial charge in [-0.1, -0.05) is 353 Å². The standard InChI is InChI=1S/C71H139NO5/c1-3-5-7-9-11-13-15-17-19-21-22-26-29-32-35-39-43-47-51-55-59-63-69(74)68(67-73)72-70(75)64-60-56-52-48-44-40-36-33-30-27-24-23-25-28-31-34-38-42-46-50-54-58-62-66-77-71(76)65-61-57-53-49-45-41-37-20-18-16-14-12-10-8-6-4-2/h27,30,68-69,73-74H,3-26,28-29,31-67H2,1-2H3,(H,72,75)/b30-27-. The van der Waals surface area contributed by atoms with Crippen molar-refractivity contribution >= 4 is 11.9 Å². The van der Waals surface area contributed by atoms with Crippen LogP contribution in [-0.2, 0) is 14.3 Å². The van der Waals surface area contributed by atoms with Gasteiger partial charge >= 0.3 is 5.97 Å². The Morgan fingerprint density at radius 2 is 0.610 bits per heavy atom. The lowest BCUT2D eigenvalue weighted by atomic mass is 10.0. The first-order valence-electron chi connectivity index (χ1n) is 35.4. The van der Waals surface area contributed by atoms with Gasteiger partial charge in [-0.25, -0.2) is 0 Å². The van der Waals surface area contributed by atoms with E-state index in [9.17, 15) is 19.8 Å². The Morgan fingerprint density at radius 3 is 0.922 bits per heavy atom. The van der Waals surface area contributed by atoms with Crippen molar-refractivity contribution in [1.82, 2.24) is 5.32 Å². The van der Waals surface area contributed by atoms with Crippen molar-refractivity contribution in [3.63, 3.8) is 0 Å². The molecule has 0 spiro atoms. The van der Waals surface area contributed by atoms with E-state index >= 15 is 0 Å². The zero-order valence-corrected chi connectivity index (χ0v) is 52.5. The molecule has 3 N–H and O–H groups in total. The molecule has 0 aromatic carbocycles. The Bertz CT molecular complexity index is 1160. The summed E-state index contributed by atoms with van der Waals surface area (Å²) in [6.45, 7) is 5.00. The number of hydrogen-bond acceptors (Lipinski definition) is 5. The topological polar surface area (TPSA) is 95.9 Å². The number of amides is 1. The minimum atomic E-state index is -0.669. The van der Waals surface area contributed by atoms with Crippen molar-refractivity contribution in [1.29, 1.82) is 0 Å². The van der Waals surface area contributed by atoms with E-state index in [1.807, 2.05) is 0 Å². The van der Waals surface area contributed by atoms with E-state index in [-0.39, 0.29) is 18.5 Å². The highest BCUT2D eigenvalue weighted by atomic mass is 16.5. The molecular formula is C71H139NO5. The minimum Gasteiger partial charge on any atom is -0.466 e. The monoisotopic (exact) mass is 1090 g/mol. The number of aliphatic hydroxyl groups excluding tert-OH is 2. The minimum absolute atomic E-state index is 0.0162. The summed E-state index contributed by atoms with van der Waals surface area (Å²) in [4.78, 5) is 24.6. The van der Waals surface area contributed by atoms with E-state index in [1.165, 1.54) is 334 Å². The number of nitrogens with one attached hydrogen (secondary N) is 1. The van der Waals surface area contributed by atoms with Crippen molar-refractivity contribution in [2.45, 2.75) is 418 Å². The molecule has 77 heavy (non-hydrogen) atoms. The summed E-state index contributed by atoms with van der Waals surface area (Å²) >= 11 is 0. The lowest BCUT2D eigenvalue weighted by molar-refractivity contribution is -0.143. The number of allylic oxidation sites excluding steroid dienone is 2. The molecule has 0 saturated carbocycles. The molecule has 6 heteroatoms. The SMILES string of the molecule is CCCCCCCCCCCCCCCCCCCCCCCC(O)C(CO)NC(=O)CCCCCCCCC/C=C\CCCCCCCCCCCCCCOC(=O)CCCCCCCCCCCCCCCCCC. The maximum atomic E-state index is 12.5. The molecule has 2 atom stereocenters. The van der Waals surface area contributed by atoms with E-state index in [0.29, 0.717) is 25.9 Å². The number of esters is 1. The number of ether oxygens (including phenoxy) is 1. The van der Waals surface area contributed by atoms with E-state index in [1.54, 1.807) is 0 Å². The Morgan fingerprint density at radius 1 is 0.351 bits per heavy atom. The van der Waals surface area contributed by atoms with Crippen LogP contribution >= 0.6 is 0 Å². The molecule has 6 nitrogen and oxygen atoms in total. The van der Waals surface area contributed by atoms with Gasteiger partial charge in [-0.05, 0) is 51.4 Å². The van der Waals surface area contributed by atoms with E-state index in [2.05, 4.69) is 31.3 Å². The Kier molecular flexibility index (Phi) is 65.9. The molecule has 0 heterocycles. The zero-order chi connectivity index (χ0) is 55.7. The third-order valence-corrected chi connectivity index (χ3v) is 16.8. The Labute approximate surface area is 482 Å². The average Bonchev–Trinajstić information content (AvgIpc) is 3.43. The fourth-order valence-corrected chi connectivity index (χ4v) is 11.4. The maximum Gasteiger partial charge on any atom is 0.305 e. The van der Waals surface area contributed by atoms with Crippen LogP contribution in [0.15, 0.2) is 12.2 Å². The second-order valence-corrected chi connectivity index (χ2v) is 24.6. The van der Waals surface area contributed by atoms with Crippen LogP contribution in [0.3, 0.4) is 0 Å². The summed E-state index contributed by atoms with van der Waals surface area (Å²) in [5.74, 6) is -0.0203. The van der Waals surface area contributed by atoms with Crippen LogP contribution in [0.5, 0.6) is 0 Å². The lowest BCUT2D eigenvalue weighted by Crippen LogP contribution is -2.45. The second-order valence-electron chi connectivity index (χ2n) is 24.6. The van der Waals surface area contributed by atoms with Gasteiger partial charge in [0.05, 0.1) is 25.4 Å². The summed E-state index contributed by atoms with van der Waals surface area (Å²) in [6.07, 6.45) is 82.5. The van der Waals surface area contributed by atoms with Crippen LogP contribution in [0.2, 0.25) is 0 Å². The van der Waals surface area contributed by atoms with Crippen molar-refractivity contribution in [3.8, 4) is 0 Å². The number of carbonyl (C=O) groups is 2. The molecule has 0 radical (unpaired) electrons. The lowest BCUT2D eigenvalue weighted by Gasteiger charge is -2.22. The molecule has 0 fully saturated rings. The predicted molar refractivity (Wildman–Crippen MR) is 338 cm³/mol. The number of carbonyl (C=O) groups excluding carboxylic acids is 2. The molecule has 0 aromatic rings. The van der Waals surface area contributed by atoms with Gasteiger partial charge < -0.3 is 20.3 Å². The summed E-state index contributed by atoms with van der Waals surface area (Å²) in [5, 5.41) is 23.4. The van der Waals surface area contributed by atoms with Crippen molar-refractivity contribution in [3.05, 3.63) is 12.2 Å². The fourth-order valence-electron chi connectivity index (χ4n) is 11.4. The van der Waals surface area contributed by atoms with E-state index < -0.39 is 12.1 Å². The van der Waals surface area contributed by atoms with Crippen LogP contribution in [-0.4, -0.2) is 47.4 Å². The Hall–Kier alpha value is -1.40. The average molecular weight is 1090 g/mol. The molecule has 0 aliphatic carbocycles. The van der Waals surface area contributed by atoms with Crippen molar-refractivity contribution in [2.75, 3.05) is 13.2 Å². The van der Waals surface area contributed by atoms with Gasteiger partial charge in [0.2, 0.25) is 5.91 Å². The van der Waals surface area contributed by atoms with Gasteiger partial charge in [0, 0.05) is 12.8 Å². The molecule has 0 aliphatic heterocycles. The van der Waals surface area contributed by atoms with Crippen LogP contribution in [0.25, 0.3) is 0 Å². The number of hydrogen-bond donors (Lipinski definition) is 3. The quantitative estimate of drug-likeness (QED) is 0.0320. The zero-order valence-electron chi connectivity index (χ0n) is 52.5. The third-order valence-electron chi connectivity index (χ3n) is 16.8. The smallest absolute Gasteiger partial charge is 0.305 e. The van der Waals surface area contributed by atoms with Gasteiger partial charge in [-0.15, -0.1) is 0 Å². The number of aliphatic hydroxyl groups is 2. The van der Waals surface area contributed by atoms with Gasteiger partial charge in [0.25, 0.3) is 0 Å². The molecule has 1 amide bonds. The summed E-state index contributed by atoms with van der Waals surface area (Å²) in [5.41, 5.74) is 0. The highest BCUT2D eigenvalue weighted by Crippen LogP contribution is 2.19. The van der Waals surface area contributed by atoms with Crippen molar-refractivity contribution in [2.24, 2.45) is 0 Å². The Balaban J connectivity index is 3.39. The van der Waals surface area contributed by atoms with E-state index in [4.69, 9.17) is 4.74 Å². The van der Waals surface area contributed by atoms with E-state index in [0.717, 1.165) is 38.5 Å². The molecule has 0 rings (SSSR count). The third kappa shape index (κ3) is 63.6. The molecule has 2 unspecified atom stereocenters. The molecular weight excluding hydrogens is 947 g/mol. The van der Waals surface area contributed by atoms with Crippen LogP contribution in [0.4, 0.5) is 0 Å². The molecule has 0 aromatic heterocycles. The fraction of sp³-hybridized carbons (Fsp3) is 0.944. The van der Waals surface area contributed by atoms with Gasteiger partial charge in [0.1, 0.15) is 0 Å². The second kappa shape index (κ2) is 67.1. The molecule has 458 valence electrons. The summed E-state index contributed by atoms with van der Waals surface area (Å²) in [6, 6.07) is -0.546. The van der Waals surface area contributed by atoms with Crippen LogP contribution < -0.4 is 5.32 Å².